The Balaban J connectivity index is 2.77. The zero-order valence-electron chi connectivity index (χ0n) is 11.4. The fourth-order valence-electron chi connectivity index (χ4n) is 3.17. The van der Waals surface area contributed by atoms with E-state index in [0.29, 0.717) is 13.0 Å². The van der Waals surface area contributed by atoms with Gasteiger partial charge in [0.1, 0.15) is 6.23 Å². The third-order valence-corrected chi connectivity index (χ3v) is 3.76. The predicted molar refractivity (Wildman–Crippen MR) is 66.3 cm³/mol. The Bertz CT molecular complexity index is 210. The van der Waals surface area contributed by atoms with Gasteiger partial charge < -0.3 is 9.84 Å². The number of hydrogen-bond acceptors (Lipinski definition) is 3. The lowest BCUT2D eigenvalue weighted by atomic mass is 9.79. The molecule has 0 spiro atoms. The van der Waals surface area contributed by atoms with Crippen LogP contribution in [0.15, 0.2) is 0 Å². The number of aliphatic hydroxyl groups is 1. The van der Waals surface area contributed by atoms with Gasteiger partial charge in [-0.05, 0) is 47.0 Å². The number of methoxy groups -OCH3 is 1. The average molecular weight is 229 g/mol. The maximum atomic E-state index is 10.3. The molecule has 1 aliphatic rings. The van der Waals surface area contributed by atoms with E-state index in [2.05, 4.69) is 32.6 Å². The molecule has 0 aliphatic carbocycles. The second kappa shape index (κ2) is 5.03. The van der Waals surface area contributed by atoms with Crippen molar-refractivity contribution in [3.63, 3.8) is 0 Å². The maximum absolute atomic E-state index is 10.3. The summed E-state index contributed by atoms with van der Waals surface area (Å²) in [6.07, 6.45) is 3.84. The lowest BCUT2D eigenvalue weighted by Crippen LogP contribution is -2.62. The van der Waals surface area contributed by atoms with E-state index >= 15 is 0 Å². The number of nitrogens with zero attached hydrogens (tertiary/aromatic N) is 1. The van der Waals surface area contributed by atoms with Crippen molar-refractivity contribution in [1.82, 2.24) is 4.90 Å². The molecule has 1 atom stereocenters. The number of ether oxygens (including phenoxy) is 1. The number of aliphatic hydroxyl groups excluding tert-OH is 1. The largest absolute Gasteiger partial charge is 0.385 e. The van der Waals surface area contributed by atoms with Gasteiger partial charge in [-0.15, -0.1) is 0 Å². The lowest BCUT2D eigenvalue weighted by Gasteiger charge is -2.54. The van der Waals surface area contributed by atoms with Crippen LogP contribution in [0.1, 0.15) is 53.4 Å². The Morgan fingerprint density at radius 1 is 1.19 bits per heavy atom. The first-order chi connectivity index (χ1) is 7.31. The molecule has 1 rings (SSSR count). The normalized spacial score (nSPS) is 26.6. The zero-order chi connectivity index (χ0) is 12.4. The second-order valence-corrected chi connectivity index (χ2v) is 6.11. The van der Waals surface area contributed by atoms with Crippen LogP contribution in [0.3, 0.4) is 0 Å². The highest BCUT2D eigenvalue weighted by Gasteiger charge is 2.44. The van der Waals surface area contributed by atoms with Gasteiger partial charge in [-0.25, -0.2) is 0 Å². The molecule has 3 nitrogen and oxygen atoms in total. The molecule has 0 saturated carbocycles. The molecule has 1 unspecified atom stereocenters. The van der Waals surface area contributed by atoms with Crippen molar-refractivity contribution in [2.24, 2.45) is 0 Å². The number of likely N-dealkylation sites (tertiary alicyclic amines) is 1. The fourth-order valence-corrected chi connectivity index (χ4v) is 3.17. The Morgan fingerprint density at radius 3 is 2.12 bits per heavy atom. The van der Waals surface area contributed by atoms with Gasteiger partial charge in [0.25, 0.3) is 0 Å². The molecule has 1 fully saturated rings. The molecular weight excluding hydrogens is 202 g/mol. The summed E-state index contributed by atoms with van der Waals surface area (Å²) in [4.78, 5) is 2.27. The van der Waals surface area contributed by atoms with E-state index in [1.54, 1.807) is 7.11 Å². The molecule has 0 radical (unpaired) electrons. The smallest absolute Gasteiger partial charge is 0.110 e. The van der Waals surface area contributed by atoms with Crippen LogP contribution in [0.25, 0.3) is 0 Å². The average Bonchev–Trinajstić information content (AvgIpc) is 2.11. The van der Waals surface area contributed by atoms with Crippen LogP contribution < -0.4 is 0 Å². The van der Waals surface area contributed by atoms with Crippen LogP contribution in [0.2, 0.25) is 0 Å². The van der Waals surface area contributed by atoms with Gasteiger partial charge in [0.2, 0.25) is 0 Å². The Hall–Kier alpha value is -0.120. The predicted octanol–water partition coefficient (Wildman–Crippen LogP) is 2.38. The van der Waals surface area contributed by atoms with Crippen molar-refractivity contribution in [2.45, 2.75) is 70.7 Å². The molecule has 16 heavy (non-hydrogen) atoms. The van der Waals surface area contributed by atoms with E-state index in [9.17, 15) is 5.11 Å². The first-order valence-electron chi connectivity index (χ1n) is 6.28. The van der Waals surface area contributed by atoms with Crippen LogP contribution in [-0.4, -0.2) is 41.0 Å². The van der Waals surface area contributed by atoms with E-state index in [1.165, 1.54) is 6.42 Å². The first kappa shape index (κ1) is 13.9. The molecule has 1 aliphatic heterocycles. The molecule has 0 bridgehead atoms. The summed E-state index contributed by atoms with van der Waals surface area (Å²) < 4.78 is 5.05. The third-order valence-electron chi connectivity index (χ3n) is 3.76. The van der Waals surface area contributed by atoms with E-state index in [4.69, 9.17) is 4.74 Å². The molecule has 1 saturated heterocycles. The molecule has 3 heteroatoms. The minimum Gasteiger partial charge on any atom is -0.385 e. The zero-order valence-corrected chi connectivity index (χ0v) is 11.4. The van der Waals surface area contributed by atoms with E-state index in [-0.39, 0.29) is 11.1 Å². The fraction of sp³-hybridized carbons (Fsp3) is 1.00. The van der Waals surface area contributed by atoms with Crippen molar-refractivity contribution in [2.75, 3.05) is 13.7 Å². The van der Waals surface area contributed by atoms with Gasteiger partial charge >= 0.3 is 0 Å². The van der Waals surface area contributed by atoms with Crippen LogP contribution in [0.4, 0.5) is 0 Å². The molecular formula is C13H27NO2. The third kappa shape index (κ3) is 2.96. The van der Waals surface area contributed by atoms with E-state index in [1.807, 2.05) is 0 Å². The van der Waals surface area contributed by atoms with Crippen LogP contribution in [0.5, 0.6) is 0 Å². The van der Waals surface area contributed by atoms with Gasteiger partial charge in [-0.3, -0.25) is 4.90 Å². The van der Waals surface area contributed by atoms with Crippen LogP contribution in [-0.2, 0) is 4.74 Å². The minimum atomic E-state index is -0.398. The van der Waals surface area contributed by atoms with Crippen molar-refractivity contribution in [3.8, 4) is 0 Å². The molecule has 0 aromatic rings. The van der Waals surface area contributed by atoms with Gasteiger partial charge in [0.05, 0.1) is 0 Å². The highest BCUT2D eigenvalue weighted by Crippen LogP contribution is 2.39. The second-order valence-electron chi connectivity index (χ2n) is 6.11. The Kier molecular flexibility index (Phi) is 4.38. The molecule has 1 heterocycles. The molecule has 96 valence electrons. The van der Waals surface area contributed by atoms with Gasteiger partial charge in [-0.2, -0.15) is 0 Å². The van der Waals surface area contributed by atoms with Crippen molar-refractivity contribution < 1.29 is 9.84 Å². The highest BCUT2D eigenvalue weighted by molar-refractivity contribution is 4.97. The van der Waals surface area contributed by atoms with Crippen molar-refractivity contribution in [3.05, 3.63) is 0 Å². The number of rotatable bonds is 4. The summed E-state index contributed by atoms with van der Waals surface area (Å²) in [5.74, 6) is 0. The highest BCUT2D eigenvalue weighted by atomic mass is 16.5. The summed E-state index contributed by atoms with van der Waals surface area (Å²) in [7, 11) is 1.68. The van der Waals surface area contributed by atoms with Gasteiger partial charge in [0, 0.05) is 31.2 Å². The van der Waals surface area contributed by atoms with Crippen molar-refractivity contribution >= 4 is 0 Å². The standard InChI is InChI=1S/C13H27NO2/c1-12(2)8-6-9-13(3,4)14(12)11(15)7-10-16-5/h11,15H,6-10H2,1-5H3. The number of hydrogen-bond donors (Lipinski definition) is 1. The Morgan fingerprint density at radius 2 is 1.69 bits per heavy atom. The van der Waals surface area contributed by atoms with E-state index < -0.39 is 6.23 Å². The quantitative estimate of drug-likeness (QED) is 0.803. The summed E-state index contributed by atoms with van der Waals surface area (Å²) in [6.45, 7) is 9.52. The van der Waals surface area contributed by atoms with Crippen molar-refractivity contribution in [1.29, 1.82) is 0 Å². The first-order valence-corrected chi connectivity index (χ1v) is 6.28. The minimum absolute atomic E-state index is 0.0783. The summed E-state index contributed by atoms with van der Waals surface area (Å²) in [6, 6.07) is 0. The number of piperidine rings is 1. The lowest BCUT2D eigenvalue weighted by molar-refractivity contribution is -0.145. The van der Waals surface area contributed by atoms with Gasteiger partial charge in [-0.1, -0.05) is 0 Å². The monoisotopic (exact) mass is 229 g/mol. The SMILES string of the molecule is COCCC(O)N1C(C)(C)CCCC1(C)C. The molecule has 0 aromatic heterocycles. The topological polar surface area (TPSA) is 32.7 Å². The van der Waals surface area contributed by atoms with E-state index in [0.717, 1.165) is 12.8 Å². The Labute approximate surface area is 99.8 Å². The summed E-state index contributed by atoms with van der Waals surface area (Å²) in [5, 5.41) is 10.3. The summed E-state index contributed by atoms with van der Waals surface area (Å²) in [5.41, 5.74) is 0.157. The maximum Gasteiger partial charge on any atom is 0.110 e. The van der Waals surface area contributed by atoms with Gasteiger partial charge in [0.15, 0.2) is 0 Å². The molecule has 1 N–H and O–H groups in total. The van der Waals surface area contributed by atoms with Crippen LogP contribution in [0, 0.1) is 0 Å². The summed E-state index contributed by atoms with van der Waals surface area (Å²) >= 11 is 0. The molecule has 0 aromatic carbocycles. The van der Waals surface area contributed by atoms with Crippen LogP contribution >= 0.6 is 0 Å². The molecule has 0 amide bonds.